The quantitative estimate of drug-likeness (QED) is 0.546. The Morgan fingerprint density at radius 1 is 1.31 bits per heavy atom. The molecule has 1 rings (SSSR count). The summed E-state index contributed by atoms with van der Waals surface area (Å²) in [5.74, 6) is -0.106. The predicted molar refractivity (Wildman–Crippen MR) is 61.9 cm³/mol. The molecule has 0 saturated heterocycles. The van der Waals surface area contributed by atoms with E-state index in [9.17, 15) is 9.59 Å². The number of ether oxygens (including phenoxy) is 1. The van der Waals surface area contributed by atoms with E-state index in [0.29, 0.717) is 13.0 Å². The highest BCUT2D eigenvalue weighted by Gasteiger charge is 2.66. The normalized spacial score (nSPS) is 28.7. The summed E-state index contributed by atoms with van der Waals surface area (Å²) in [7, 11) is 0. The molecule has 0 aromatic carbocycles. The lowest BCUT2D eigenvalue weighted by molar-refractivity contribution is -0.156. The summed E-state index contributed by atoms with van der Waals surface area (Å²) in [6.45, 7) is 9.72. The van der Waals surface area contributed by atoms with Crippen LogP contribution in [-0.2, 0) is 14.3 Å². The largest absolute Gasteiger partial charge is 0.465 e. The monoisotopic (exact) mass is 226 g/mol. The molecule has 3 nitrogen and oxygen atoms in total. The van der Waals surface area contributed by atoms with Gasteiger partial charge in [0.25, 0.3) is 0 Å². The molecule has 2 atom stereocenters. The lowest BCUT2D eigenvalue weighted by Gasteiger charge is -2.24. The van der Waals surface area contributed by atoms with Gasteiger partial charge in [-0.1, -0.05) is 34.1 Å². The number of hydrogen-bond donors (Lipinski definition) is 0. The van der Waals surface area contributed by atoms with Gasteiger partial charge in [-0.3, -0.25) is 9.59 Å². The Labute approximate surface area is 97.5 Å². The van der Waals surface area contributed by atoms with Gasteiger partial charge >= 0.3 is 5.97 Å². The zero-order valence-corrected chi connectivity index (χ0v) is 10.9. The van der Waals surface area contributed by atoms with Crippen LogP contribution in [0.25, 0.3) is 0 Å². The zero-order valence-electron chi connectivity index (χ0n) is 10.9. The molecule has 92 valence electrons. The van der Waals surface area contributed by atoms with Gasteiger partial charge in [0.1, 0.15) is 5.41 Å². The van der Waals surface area contributed by atoms with Crippen LogP contribution < -0.4 is 0 Å². The summed E-state index contributed by atoms with van der Waals surface area (Å²) in [5, 5.41) is 0. The minimum absolute atomic E-state index is 0.0327. The second-order valence-electron chi connectivity index (χ2n) is 5.58. The molecular weight excluding hydrogens is 204 g/mol. The third kappa shape index (κ3) is 2.00. The summed E-state index contributed by atoms with van der Waals surface area (Å²) in [6, 6.07) is 0. The maximum atomic E-state index is 12.3. The molecule has 1 aliphatic rings. The van der Waals surface area contributed by atoms with Crippen molar-refractivity contribution >= 4 is 11.8 Å². The Bertz CT molecular complexity index is 301. The van der Waals surface area contributed by atoms with Crippen LogP contribution in [0.15, 0.2) is 0 Å². The van der Waals surface area contributed by atoms with Gasteiger partial charge in [0, 0.05) is 5.41 Å². The van der Waals surface area contributed by atoms with Crippen molar-refractivity contribution in [2.24, 2.45) is 16.7 Å². The van der Waals surface area contributed by atoms with E-state index in [1.165, 1.54) is 0 Å². The van der Waals surface area contributed by atoms with E-state index < -0.39 is 10.8 Å². The fourth-order valence-electron chi connectivity index (χ4n) is 2.37. The fourth-order valence-corrected chi connectivity index (χ4v) is 2.37. The maximum Gasteiger partial charge on any atom is 0.319 e. The number of carbonyl (C=O) groups is 2. The SMILES string of the molecule is CCOC(=O)C1(C(=O)C(C)(C)C)CC1CC. The van der Waals surface area contributed by atoms with E-state index in [1.807, 2.05) is 27.7 Å². The van der Waals surface area contributed by atoms with Crippen molar-refractivity contribution < 1.29 is 14.3 Å². The number of rotatable bonds is 4. The minimum Gasteiger partial charge on any atom is -0.465 e. The minimum atomic E-state index is -0.830. The van der Waals surface area contributed by atoms with Crippen LogP contribution in [0.4, 0.5) is 0 Å². The lowest BCUT2D eigenvalue weighted by Crippen LogP contribution is -2.38. The Morgan fingerprint density at radius 2 is 1.88 bits per heavy atom. The maximum absolute atomic E-state index is 12.3. The molecule has 0 aromatic heterocycles. The van der Waals surface area contributed by atoms with Gasteiger partial charge in [-0.05, 0) is 19.3 Å². The molecule has 1 saturated carbocycles. The predicted octanol–water partition coefficient (Wildman–Crippen LogP) is 2.58. The van der Waals surface area contributed by atoms with E-state index >= 15 is 0 Å². The van der Waals surface area contributed by atoms with Crippen LogP contribution in [0.2, 0.25) is 0 Å². The standard InChI is InChI=1S/C13H22O3/c1-6-9-8-13(9,11(15)16-7-2)10(14)12(3,4)5/h9H,6-8H2,1-5H3. The molecular formula is C13H22O3. The van der Waals surface area contributed by atoms with Crippen molar-refractivity contribution in [3.63, 3.8) is 0 Å². The summed E-state index contributed by atoms with van der Waals surface area (Å²) in [5.41, 5.74) is -1.31. The third-order valence-electron chi connectivity index (χ3n) is 3.32. The van der Waals surface area contributed by atoms with Crippen LogP contribution in [-0.4, -0.2) is 18.4 Å². The van der Waals surface area contributed by atoms with Gasteiger partial charge in [0.05, 0.1) is 6.61 Å². The Kier molecular flexibility index (Phi) is 3.46. The van der Waals surface area contributed by atoms with E-state index in [0.717, 1.165) is 6.42 Å². The number of Topliss-reactive ketones (excluding diaryl/α,β-unsaturated/α-hetero) is 1. The number of hydrogen-bond acceptors (Lipinski definition) is 3. The molecule has 2 unspecified atom stereocenters. The van der Waals surface area contributed by atoms with Crippen LogP contribution in [0, 0.1) is 16.7 Å². The highest BCUT2D eigenvalue weighted by Crippen LogP contribution is 2.58. The van der Waals surface area contributed by atoms with E-state index in [4.69, 9.17) is 4.74 Å². The van der Waals surface area contributed by atoms with Crippen molar-refractivity contribution in [1.82, 2.24) is 0 Å². The van der Waals surface area contributed by atoms with Crippen molar-refractivity contribution in [3.05, 3.63) is 0 Å². The van der Waals surface area contributed by atoms with Gasteiger partial charge in [-0.2, -0.15) is 0 Å². The van der Waals surface area contributed by atoms with Crippen molar-refractivity contribution in [2.75, 3.05) is 6.61 Å². The second kappa shape index (κ2) is 4.19. The molecule has 0 spiro atoms. The molecule has 1 fully saturated rings. The Hall–Kier alpha value is -0.860. The molecule has 0 amide bonds. The molecule has 0 N–H and O–H groups in total. The van der Waals surface area contributed by atoms with Gasteiger partial charge in [-0.25, -0.2) is 0 Å². The van der Waals surface area contributed by atoms with Gasteiger partial charge < -0.3 is 4.74 Å². The smallest absolute Gasteiger partial charge is 0.319 e. The lowest BCUT2D eigenvalue weighted by atomic mass is 9.79. The molecule has 0 bridgehead atoms. The zero-order chi connectivity index (χ0) is 12.6. The summed E-state index contributed by atoms with van der Waals surface area (Å²) >= 11 is 0. The van der Waals surface area contributed by atoms with E-state index in [-0.39, 0.29) is 17.7 Å². The first-order valence-electron chi connectivity index (χ1n) is 6.02. The third-order valence-corrected chi connectivity index (χ3v) is 3.32. The average Bonchev–Trinajstić information content (AvgIpc) is 2.91. The first-order valence-corrected chi connectivity index (χ1v) is 6.02. The van der Waals surface area contributed by atoms with Crippen molar-refractivity contribution in [2.45, 2.75) is 47.5 Å². The topological polar surface area (TPSA) is 43.4 Å². The number of carbonyl (C=O) groups excluding carboxylic acids is 2. The molecule has 16 heavy (non-hydrogen) atoms. The van der Waals surface area contributed by atoms with Crippen molar-refractivity contribution in [3.8, 4) is 0 Å². The van der Waals surface area contributed by atoms with Crippen LogP contribution in [0.5, 0.6) is 0 Å². The molecule has 0 radical (unpaired) electrons. The molecule has 0 aliphatic heterocycles. The number of esters is 1. The van der Waals surface area contributed by atoms with Crippen LogP contribution >= 0.6 is 0 Å². The Balaban J connectivity index is 2.93. The number of ketones is 1. The van der Waals surface area contributed by atoms with E-state index in [1.54, 1.807) is 6.92 Å². The van der Waals surface area contributed by atoms with Crippen LogP contribution in [0.1, 0.15) is 47.5 Å². The summed E-state index contributed by atoms with van der Waals surface area (Å²) < 4.78 is 5.06. The second-order valence-corrected chi connectivity index (χ2v) is 5.58. The fraction of sp³-hybridized carbons (Fsp3) is 0.846. The van der Waals surface area contributed by atoms with Gasteiger partial charge in [-0.15, -0.1) is 0 Å². The Morgan fingerprint density at radius 3 is 2.19 bits per heavy atom. The van der Waals surface area contributed by atoms with Crippen LogP contribution in [0.3, 0.4) is 0 Å². The molecule has 1 aliphatic carbocycles. The molecule has 0 heterocycles. The van der Waals surface area contributed by atoms with Gasteiger partial charge in [0.15, 0.2) is 5.78 Å². The van der Waals surface area contributed by atoms with Crippen molar-refractivity contribution in [1.29, 1.82) is 0 Å². The van der Waals surface area contributed by atoms with Gasteiger partial charge in [0.2, 0.25) is 0 Å². The average molecular weight is 226 g/mol. The first kappa shape index (κ1) is 13.2. The molecule has 3 heteroatoms. The van der Waals surface area contributed by atoms with E-state index in [2.05, 4.69) is 0 Å². The summed E-state index contributed by atoms with van der Waals surface area (Å²) in [4.78, 5) is 24.3. The highest BCUT2D eigenvalue weighted by molar-refractivity contribution is 6.09. The molecule has 0 aromatic rings. The first-order chi connectivity index (χ1) is 7.30. The summed E-state index contributed by atoms with van der Waals surface area (Å²) in [6.07, 6.45) is 1.53. The highest BCUT2D eigenvalue weighted by atomic mass is 16.5.